The van der Waals surface area contributed by atoms with Crippen LogP contribution in [0.4, 0.5) is 0 Å². The molecule has 0 fully saturated rings. The fourth-order valence-corrected chi connectivity index (χ4v) is 0.696. The van der Waals surface area contributed by atoms with Crippen LogP contribution >= 0.6 is 0 Å². The molecule has 0 aromatic heterocycles. The molecule has 128 valence electrons. The molecule has 0 aromatic carbocycles. The first-order valence-electron chi connectivity index (χ1n) is 6.24. The van der Waals surface area contributed by atoms with Crippen molar-refractivity contribution in [3.8, 4) is 0 Å². The van der Waals surface area contributed by atoms with Crippen LogP contribution in [0.15, 0.2) is 0 Å². The highest BCUT2D eigenvalue weighted by Gasteiger charge is 2.01. The molecule has 0 amide bonds. The largest absolute Gasteiger partial charge is 0.481 e. The summed E-state index contributed by atoms with van der Waals surface area (Å²) in [6, 6.07) is 0. The number of rotatable bonds is 10. The van der Waals surface area contributed by atoms with E-state index in [1.54, 1.807) is 0 Å². The summed E-state index contributed by atoms with van der Waals surface area (Å²) in [5.41, 5.74) is 0. The number of carboxylic acids is 2. The van der Waals surface area contributed by atoms with E-state index in [1.165, 1.54) is 0 Å². The Labute approximate surface area is 123 Å². The summed E-state index contributed by atoms with van der Waals surface area (Å²) in [5.74, 6) is -2.62. The minimum absolute atomic E-state index is 0.139. The fraction of sp³-hybridized carbons (Fsp3) is 0.818. The van der Waals surface area contributed by atoms with Crippen LogP contribution in [0.1, 0.15) is 6.42 Å². The molecule has 0 unspecified atom stereocenters. The maximum atomic E-state index is 9.43. The monoisotopic (exact) mass is 314 g/mol. The highest BCUT2D eigenvalue weighted by Crippen LogP contribution is 1.74. The summed E-state index contributed by atoms with van der Waals surface area (Å²) in [6.45, 7) is 2.84. The van der Waals surface area contributed by atoms with Gasteiger partial charge in [0.05, 0.1) is 26.4 Å². The standard InChI is InChI=1S/2C4H11NO2.C3H4O4/c2*6-3-1-5-2-4-7;4-2(5)1-3(6)7/h2*5-7H,1-4H2;1H2,(H,4,5)(H,6,7). The molecular weight excluding hydrogens is 288 g/mol. The van der Waals surface area contributed by atoms with Crippen molar-refractivity contribution >= 4 is 11.9 Å². The van der Waals surface area contributed by atoms with Crippen molar-refractivity contribution in [3.63, 3.8) is 0 Å². The maximum absolute atomic E-state index is 9.43. The molecule has 21 heavy (non-hydrogen) atoms. The average molecular weight is 314 g/mol. The Kier molecular flexibility index (Phi) is 28.0. The summed E-state index contributed by atoms with van der Waals surface area (Å²) in [4.78, 5) is 18.9. The molecule has 10 heteroatoms. The zero-order valence-corrected chi connectivity index (χ0v) is 11.9. The maximum Gasteiger partial charge on any atom is 0.314 e. The number of hydrogen-bond acceptors (Lipinski definition) is 8. The highest BCUT2D eigenvalue weighted by atomic mass is 16.4. The second kappa shape index (κ2) is 23.8. The molecule has 8 N–H and O–H groups in total. The van der Waals surface area contributed by atoms with E-state index in [0.717, 1.165) is 0 Å². The predicted molar refractivity (Wildman–Crippen MR) is 74.0 cm³/mol. The smallest absolute Gasteiger partial charge is 0.314 e. The molecule has 0 aliphatic heterocycles. The van der Waals surface area contributed by atoms with Gasteiger partial charge in [-0.2, -0.15) is 0 Å². The summed E-state index contributed by atoms with van der Waals surface area (Å²) in [6.07, 6.45) is -0.806. The number of carbonyl (C=O) groups is 2. The molecule has 0 atom stereocenters. The molecule has 0 aliphatic carbocycles. The lowest BCUT2D eigenvalue weighted by molar-refractivity contribution is -0.147. The van der Waals surface area contributed by atoms with E-state index >= 15 is 0 Å². The molecular formula is C11H26N2O8. The van der Waals surface area contributed by atoms with Crippen molar-refractivity contribution in [2.45, 2.75) is 6.42 Å². The van der Waals surface area contributed by atoms with Gasteiger partial charge in [0.15, 0.2) is 0 Å². The van der Waals surface area contributed by atoms with E-state index in [-0.39, 0.29) is 26.4 Å². The fourth-order valence-electron chi connectivity index (χ4n) is 0.696. The van der Waals surface area contributed by atoms with Crippen molar-refractivity contribution in [1.82, 2.24) is 10.6 Å². The molecule has 0 spiro atoms. The number of nitrogens with one attached hydrogen (secondary N) is 2. The van der Waals surface area contributed by atoms with E-state index in [9.17, 15) is 9.59 Å². The first-order valence-corrected chi connectivity index (χ1v) is 6.24. The highest BCUT2D eigenvalue weighted by molar-refractivity contribution is 5.88. The number of aliphatic hydroxyl groups is 4. The van der Waals surface area contributed by atoms with Gasteiger partial charge in [0.1, 0.15) is 6.42 Å². The van der Waals surface area contributed by atoms with Crippen LogP contribution in [0.2, 0.25) is 0 Å². The van der Waals surface area contributed by atoms with Crippen molar-refractivity contribution in [2.24, 2.45) is 0 Å². The molecule has 0 heterocycles. The van der Waals surface area contributed by atoms with E-state index < -0.39 is 18.4 Å². The van der Waals surface area contributed by atoms with E-state index in [1.807, 2.05) is 0 Å². The second-order valence-electron chi connectivity index (χ2n) is 3.36. The third kappa shape index (κ3) is 45.6. The van der Waals surface area contributed by atoms with Gasteiger partial charge in [-0.25, -0.2) is 0 Å². The van der Waals surface area contributed by atoms with Crippen LogP contribution in [-0.4, -0.2) is 95.2 Å². The third-order valence-corrected chi connectivity index (χ3v) is 1.46. The lowest BCUT2D eigenvalue weighted by atomic mass is 10.5. The van der Waals surface area contributed by atoms with Crippen molar-refractivity contribution in [2.75, 3.05) is 52.6 Å². The van der Waals surface area contributed by atoms with E-state index in [4.69, 9.17) is 30.6 Å². The Morgan fingerprint density at radius 1 is 0.619 bits per heavy atom. The number of aliphatic hydroxyl groups excluding tert-OH is 4. The van der Waals surface area contributed by atoms with Crippen molar-refractivity contribution in [3.05, 3.63) is 0 Å². The van der Waals surface area contributed by atoms with Crippen LogP contribution in [0.5, 0.6) is 0 Å². The summed E-state index contributed by atoms with van der Waals surface area (Å²) >= 11 is 0. The lowest BCUT2D eigenvalue weighted by Crippen LogP contribution is -2.21. The van der Waals surface area contributed by atoms with Gasteiger partial charge in [-0.1, -0.05) is 0 Å². The van der Waals surface area contributed by atoms with Crippen LogP contribution in [0.3, 0.4) is 0 Å². The molecule has 10 nitrogen and oxygen atoms in total. The molecule has 0 rings (SSSR count). The Bertz CT molecular complexity index is 198. The quantitative estimate of drug-likeness (QED) is 0.150. The third-order valence-electron chi connectivity index (χ3n) is 1.46. The van der Waals surface area contributed by atoms with Crippen LogP contribution in [-0.2, 0) is 9.59 Å². The molecule has 0 aromatic rings. The van der Waals surface area contributed by atoms with E-state index in [2.05, 4.69) is 10.6 Å². The molecule has 0 saturated heterocycles. The normalized spacial score (nSPS) is 8.95. The van der Waals surface area contributed by atoms with Gasteiger partial charge in [0, 0.05) is 26.2 Å². The van der Waals surface area contributed by atoms with Gasteiger partial charge < -0.3 is 41.3 Å². The Morgan fingerprint density at radius 3 is 0.952 bits per heavy atom. The molecule has 0 bridgehead atoms. The van der Waals surface area contributed by atoms with Crippen molar-refractivity contribution in [1.29, 1.82) is 0 Å². The Morgan fingerprint density at radius 2 is 0.857 bits per heavy atom. The van der Waals surface area contributed by atoms with Gasteiger partial charge in [-0.05, 0) is 0 Å². The zero-order valence-electron chi connectivity index (χ0n) is 11.9. The number of aliphatic carboxylic acids is 2. The van der Waals surface area contributed by atoms with Gasteiger partial charge >= 0.3 is 11.9 Å². The minimum atomic E-state index is -1.31. The number of hydrogen-bond donors (Lipinski definition) is 8. The van der Waals surface area contributed by atoms with Gasteiger partial charge in [-0.3, -0.25) is 9.59 Å². The van der Waals surface area contributed by atoms with Crippen LogP contribution in [0, 0.1) is 0 Å². The first-order chi connectivity index (χ1) is 9.95. The van der Waals surface area contributed by atoms with Crippen LogP contribution < -0.4 is 10.6 Å². The minimum Gasteiger partial charge on any atom is -0.481 e. The Hall–Kier alpha value is -1.30. The average Bonchev–Trinajstić information content (AvgIpc) is 2.40. The Balaban J connectivity index is -0.000000231. The summed E-state index contributed by atoms with van der Waals surface area (Å²) in [7, 11) is 0. The first kappa shape index (κ1) is 24.7. The topological polar surface area (TPSA) is 180 Å². The van der Waals surface area contributed by atoms with E-state index in [0.29, 0.717) is 26.2 Å². The van der Waals surface area contributed by atoms with Gasteiger partial charge in [0.2, 0.25) is 0 Å². The van der Waals surface area contributed by atoms with Gasteiger partial charge in [0.25, 0.3) is 0 Å². The summed E-state index contributed by atoms with van der Waals surface area (Å²) in [5, 5.41) is 53.6. The SMILES string of the molecule is O=C(O)CC(=O)O.OCCNCCO.OCCNCCO. The van der Waals surface area contributed by atoms with Crippen molar-refractivity contribution < 1.29 is 40.2 Å². The molecule has 0 aliphatic rings. The summed E-state index contributed by atoms with van der Waals surface area (Å²) < 4.78 is 0. The second-order valence-corrected chi connectivity index (χ2v) is 3.36. The molecule has 0 saturated carbocycles. The predicted octanol–water partition coefficient (Wildman–Crippen LogP) is -3.33. The molecule has 0 radical (unpaired) electrons. The zero-order chi connectivity index (χ0) is 16.9. The lowest BCUT2D eigenvalue weighted by Gasteiger charge is -1.94. The van der Waals surface area contributed by atoms with Gasteiger partial charge in [-0.15, -0.1) is 0 Å². The van der Waals surface area contributed by atoms with Crippen LogP contribution in [0.25, 0.3) is 0 Å². The number of carboxylic acid groups (broad SMARTS) is 2.